The lowest BCUT2D eigenvalue weighted by Crippen LogP contribution is -2.68. The zero-order valence-electron chi connectivity index (χ0n) is 20.7. The predicted octanol–water partition coefficient (Wildman–Crippen LogP) is -6.78. The summed E-state index contributed by atoms with van der Waals surface area (Å²) in [4.78, 5) is 11.8. The van der Waals surface area contributed by atoms with Gasteiger partial charge in [-0.2, -0.15) is 0 Å². The standard InChI is InChI=1S/C21H37NO16/c1-6(25)22-10-14(29)11(26)7(3-23)36-20(10)38-18-17(33-2)13(28)8(4-24)37-21(18)34-5-9-12(27)15(30)16(31)19(32)35-9/h7-21,23-24,26-32H,3-5H2,1-2H3,(H,22,25)/t7-,8-,9-,10-,11-,12-,13-,14-,15+,16-,17+,18+,19-,20+,21-/m1/s1. The molecule has 10 N–H and O–H groups in total. The summed E-state index contributed by atoms with van der Waals surface area (Å²) >= 11 is 0. The van der Waals surface area contributed by atoms with Crippen molar-refractivity contribution in [2.45, 2.75) is 99.0 Å². The molecule has 38 heavy (non-hydrogen) atoms. The normalized spacial score (nSPS) is 48.0. The number of nitrogens with one attached hydrogen (secondary N) is 1. The first-order valence-electron chi connectivity index (χ1n) is 12.0. The molecule has 0 aliphatic carbocycles. The Balaban J connectivity index is 1.84. The molecule has 3 aliphatic heterocycles. The molecule has 3 fully saturated rings. The summed E-state index contributed by atoms with van der Waals surface area (Å²) < 4.78 is 33.2. The largest absolute Gasteiger partial charge is 0.394 e. The summed E-state index contributed by atoms with van der Waals surface area (Å²) in [6.07, 6.45) is -21.4. The number of methoxy groups -OCH3 is 1. The van der Waals surface area contributed by atoms with Gasteiger partial charge in [-0.15, -0.1) is 0 Å². The highest BCUT2D eigenvalue weighted by Gasteiger charge is 2.52. The molecule has 3 aliphatic rings. The first kappa shape index (κ1) is 31.4. The fourth-order valence-corrected chi connectivity index (χ4v) is 4.59. The molecule has 0 aromatic rings. The molecule has 0 saturated carbocycles. The van der Waals surface area contributed by atoms with Crippen LogP contribution in [-0.4, -0.2) is 171 Å². The number of carbonyl (C=O) groups excluding carboxylic acids is 1. The van der Waals surface area contributed by atoms with Crippen LogP contribution in [0.4, 0.5) is 0 Å². The first-order chi connectivity index (χ1) is 17.9. The van der Waals surface area contributed by atoms with E-state index in [9.17, 15) is 50.8 Å². The number of aliphatic hydroxyl groups is 9. The van der Waals surface area contributed by atoms with E-state index in [4.69, 9.17) is 28.4 Å². The van der Waals surface area contributed by atoms with Gasteiger partial charge in [-0.3, -0.25) is 4.79 Å². The Morgan fingerprint density at radius 2 is 1.32 bits per heavy atom. The summed E-state index contributed by atoms with van der Waals surface area (Å²) in [5.74, 6) is -0.611. The minimum Gasteiger partial charge on any atom is -0.394 e. The van der Waals surface area contributed by atoms with E-state index >= 15 is 0 Å². The topological polar surface area (TPSA) is 267 Å². The average molecular weight is 560 g/mol. The highest BCUT2D eigenvalue weighted by molar-refractivity contribution is 5.73. The second kappa shape index (κ2) is 13.5. The van der Waals surface area contributed by atoms with Crippen LogP contribution in [0.1, 0.15) is 6.92 Å². The molecule has 17 heteroatoms. The number of rotatable bonds is 9. The van der Waals surface area contributed by atoms with E-state index in [0.717, 1.165) is 6.92 Å². The molecule has 0 bridgehead atoms. The molecule has 0 aromatic carbocycles. The van der Waals surface area contributed by atoms with E-state index in [1.807, 2.05) is 0 Å². The van der Waals surface area contributed by atoms with Crippen molar-refractivity contribution in [2.75, 3.05) is 26.9 Å². The van der Waals surface area contributed by atoms with Crippen LogP contribution in [0.3, 0.4) is 0 Å². The molecule has 222 valence electrons. The minimum atomic E-state index is -1.84. The van der Waals surface area contributed by atoms with E-state index in [0.29, 0.717) is 0 Å². The molecular formula is C21H37NO16. The van der Waals surface area contributed by atoms with Gasteiger partial charge in [0, 0.05) is 14.0 Å². The molecule has 0 aromatic heterocycles. The van der Waals surface area contributed by atoms with Gasteiger partial charge in [-0.25, -0.2) is 0 Å². The van der Waals surface area contributed by atoms with Gasteiger partial charge in [0.05, 0.1) is 19.8 Å². The van der Waals surface area contributed by atoms with Gasteiger partial charge >= 0.3 is 0 Å². The predicted molar refractivity (Wildman–Crippen MR) is 118 cm³/mol. The lowest BCUT2D eigenvalue weighted by molar-refractivity contribution is -0.364. The smallest absolute Gasteiger partial charge is 0.217 e. The first-order valence-corrected chi connectivity index (χ1v) is 12.0. The third-order valence-corrected chi connectivity index (χ3v) is 6.72. The second-order valence-corrected chi connectivity index (χ2v) is 9.32. The van der Waals surface area contributed by atoms with Crippen LogP contribution in [0.15, 0.2) is 0 Å². The Morgan fingerprint density at radius 3 is 1.89 bits per heavy atom. The van der Waals surface area contributed by atoms with E-state index in [1.54, 1.807) is 0 Å². The summed E-state index contributed by atoms with van der Waals surface area (Å²) in [6.45, 7) is -0.806. The van der Waals surface area contributed by atoms with Crippen LogP contribution in [0.2, 0.25) is 0 Å². The van der Waals surface area contributed by atoms with Crippen molar-refractivity contribution < 1.29 is 79.2 Å². The van der Waals surface area contributed by atoms with Gasteiger partial charge in [0.15, 0.2) is 18.9 Å². The number of amides is 1. The molecule has 15 atom stereocenters. The Labute approximate surface area is 217 Å². The fourth-order valence-electron chi connectivity index (χ4n) is 4.59. The number of hydrogen-bond acceptors (Lipinski definition) is 16. The maximum absolute atomic E-state index is 11.8. The molecule has 3 heterocycles. The zero-order valence-corrected chi connectivity index (χ0v) is 20.7. The number of aliphatic hydroxyl groups excluding tert-OH is 9. The van der Waals surface area contributed by atoms with Crippen LogP contribution in [-0.2, 0) is 33.2 Å². The Morgan fingerprint density at radius 1 is 0.737 bits per heavy atom. The van der Waals surface area contributed by atoms with E-state index < -0.39 is 118 Å². The summed E-state index contributed by atoms with van der Waals surface area (Å²) in [6, 6.07) is -1.36. The van der Waals surface area contributed by atoms with Gasteiger partial charge in [0.1, 0.15) is 73.2 Å². The van der Waals surface area contributed by atoms with E-state index in [2.05, 4.69) is 5.32 Å². The molecule has 0 spiro atoms. The number of ether oxygens (including phenoxy) is 6. The van der Waals surface area contributed by atoms with Crippen molar-refractivity contribution >= 4 is 5.91 Å². The monoisotopic (exact) mass is 559 g/mol. The third kappa shape index (κ3) is 6.60. The van der Waals surface area contributed by atoms with Gasteiger partial charge in [0.2, 0.25) is 5.91 Å². The fraction of sp³-hybridized carbons (Fsp3) is 0.952. The molecule has 17 nitrogen and oxygen atoms in total. The summed E-state index contributed by atoms with van der Waals surface area (Å²) in [7, 11) is 1.21. The van der Waals surface area contributed by atoms with Crippen LogP contribution in [0.5, 0.6) is 0 Å². The second-order valence-electron chi connectivity index (χ2n) is 9.32. The molecule has 0 radical (unpaired) electrons. The molecular weight excluding hydrogens is 522 g/mol. The number of hydrogen-bond donors (Lipinski definition) is 10. The third-order valence-electron chi connectivity index (χ3n) is 6.72. The maximum Gasteiger partial charge on any atom is 0.217 e. The maximum atomic E-state index is 11.8. The van der Waals surface area contributed by atoms with Crippen LogP contribution in [0, 0.1) is 0 Å². The molecule has 3 saturated heterocycles. The highest BCUT2D eigenvalue weighted by atomic mass is 16.8. The molecule has 3 rings (SSSR count). The Kier molecular flexibility index (Phi) is 11.1. The van der Waals surface area contributed by atoms with Crippen molar-refractivity contribution in [3.8, 4) is 0 Å². The highest BCUT2D eigenvalue weighted by Crippen LogP contribution is 2.31. The van der Waals surface area contributed by atoms with E-state index in [-0.39, 0.29) is 0 Å². The molecule has 0 unspecified atom stereocenters. The van der Waals surface area contributed by atoms with Crippen molar-refractivity contribution in [1.29, 1.82) is 0 Å². The van der Waals surface area contributed by atoms with Crippen molar-refractivity contribution in [2.24, 2.45) is 0 Å². The van der Waals surface area contributed by atoms with Crippen LogP contribution < -0.4 is 5.32 Å². The summed E-state index contributed by atoms with van der Waals surface area (Å²) in [5, 5.41) is 92.7. The van der Waals surface area contributed by atoms with Gasteiger partial charge < -0.3 is 79.7 Å². The number of carbonyl (C=O) groups is 1. The van der Waals surface area contributed by atoms with E-state index in [1.165, 1.54) is 7.11 Å². The summed E-state index contributed by atoms with van der Waals surface area (Å²) in [5.41, 5.74) is 0. The zero-order chi connectivity index (χ0) is 28.3. The molecule has 1 amide bonds. The van der Waals surface area contributed by atoms with Crippen LogP contribution in [0.25, 0.3) is 0 Å². The van der Waals surface area contributed by atoms with Crippen molar-refractivity contribution in [3.05, 3.63) is 0 Å². The minimum absolute atomic E-state index is 0.557. The van der Waals surface area contributed by atoms with Gasteiger partial charge in [-0.05, 0) is 0 Å². The van der Waals surface area contributed by atoms with Gasteiger partial charge in [-0.1, -0.05) is 0 Å². The lowest BCUT2D eigenvalue weighted by Gasteiger charge is -2.48. The van der Waals surface area contributed by atoms with Gasteiger partial charge in [0.25, 0.3) is 0 Å². The quantitative estimate of drug-likeness (QED) is 0.126. The Bertz CT molecular complexity index is 763. The van der Waals surface area contributed by atoms with Crippen molar-refractivity contribution in [3.63, 3.8) is 0 Å². The van der Waals surface area contributed by atoms with Crippen LogP contribution >= 0.6 is 0 Å². The average Bonchev–Trinajstić information content (AvgIpc) is 2.89. The van der Waals surface area contributed by atoms with Crippen molar-refractivity contribution in [1.82, 2.24) is 5.32 Å². The lowest BCUT2D eigenvalue weighted by atomic mass is 9.95. The SMILES string of the molecule is CO[C@H]1[C@H](O)[C@@H](CO)O[C@@H](OC[C@H]2O[C@@H](O)[C@H](O)[C@@H](O)[C@@H]2O)[C@H]1O[C@@H]1O[C@H](CO)[C@@H](O)[C@H](O)[C@H]1NC(C)=O. The Hall–Kier alpha value is -1.13.